The van der Waals surface area contributed by atoms with Gasteiger partial charge in [0.05, 0.1) is 11.6 Å². The number of nitrogens with one attached hydrogen (secondary N) is 1. The largest absolute Gasteiger partial charge is 0.481 e. The third-order valence-electron chi connectivity index (χ3n) is 3.42. The van der Waals surface area contributed by atoms with Gasteiger partial charge in [0.15, 0.2) is 6.10 Å². The van der Waals surface area contributed by atoms with Crippen molar-refractivity contribution in [2.45, 2.75) is 13.0 Å². The van der Waals surface area contributed by atoms with Gasteiger partial charge in [-0.15, -0.1) is 10.2 Å². The van der Waals surface area contributed by atoms with Crippen LogP contribution in [0.2, 0.25) is 0 Å². The van der Waals surface area contributed by atoms with Gasteiger partial charge in [0.2, 0.25) is 12.3 Å². The van der Waals surface area contributed by atoms with Gasteiger partial charge >= 0.3 is 0 Å². The Labute approximate surface area is 143 Å². The molecule has 1 aromatic heterocycles. The van der Waals surface area contributed by atoms with Crippen LogP contribution in [0.15, 0.2) is 59.3 Å². The van der Waals surface area contributed by atoms with Gasteiger partial charge in [-0.25, -0.2) is 0 Å². The molecule has 7 nitrogen and oxygen atoms in total. The number of rotatable bonds is 5. The van der Waals surface area contributed by atoms with Crippen molar-refractivity contribution in [3.63, 3.8) is 0 Å². The normalized spacial score (nSPS) is 11.4. The maximum Gasteiger partial charge on any atom is 0.265 e. The summed E-state index contributed by atoms with van der Waals surface area (Å²) >= 11 is 0. The van der Waals surface area contributed by atoms with Crippen LogP contribution in [-0.2, 0) is 4.79 Å². The first-order chi connectivity index (χ1) is 12.2. The van der Waals surface area contributed by atoms with Gasteiger partial charge in [0.1, 0.15) is 5.75 Å². The zero-order valence-electron chi connectivity index (χ0n) is 13.3. The van der Waals surface area contributed by atoms with Gasteiger partial charge in [0.25, 0.3) is 5.91 Å². The van der Waals surface area contributed by atoms with Gasteiger partial charge in [-0.05, 0) is 55.5 Å². The molecule has 1 amide bonds. The number of nitriles is 1. The average molecular weight is 334 g/mol. The molecule has 0 radical (unpaired) electrons. The molecule has 0 unspecified atom stereocenters. The van der Waals surface area contributed by atoms with Crippen molar-refractivity contribution in [3.8, 4) is 23.3 Å². The third kappa shape index (κ3) is 4.00. The number of aromatic nitrogens is 2. The standard InChI is InChI=1S/C18H14N4O3/c1-12(17(23)21-15-6-2-13(10-19)3-7-15)25-16-8-4-14(5-9-16)18-22-20-11-24-18/h2-9,11-12H,1H3,(H,21,23)/t12-/m1/s1. The highest BCUT2D eigenvalue weighted by atomic mass is 16.5. The van der Waals surface area contributed by atoms with E-state index in [0.29, 0.717) is 22.9 Å². The molecule has 0 saturated heterocycles. The summed E-state index contributed by atoms with van der Waals surface area (Å²) in [6.07, 6.45) is 0.569. The first-order valence-electron chi connectivity index (χ1n) is 7.50. The maximum atomic E-state index is 12.2. The Balaban J connectivity index is 1.60. The van der Waals surface area contributed by atoms with Gasteiger partial charge in [0, 0.05) is 11.3 Å². The minimum Gasteiger partial charge on any atom is -0.481 e. The number of benzene rings is 2. The summed E-state index contributed by atoms with van der Waals surface area (Å²) in [6, 6.07) is 15.6. The Hall–Kier alpha value is -3.66. The second-order valence-corrected chi connectivity index (χ2v) is 5.21. The Morgan fingerprint density at radius 3 is 2.52 bits per heavy atom. The summed E-state index contributed by atoms with van der Waals surface area (Å²) in [4.78, 5) is 12.2. The van der Waals surface area contributed by atoms with Gasteiger partial charge in [-0.2, -0.15) is 5.26 Å². The second-order valence-electron chi connectivity index (χ2n) is 5.21. The smallest absolute Gasteiger partial charge is 0.265 e. The van der Waals surface area contributed by atoms with Crippen molar-refractivity contribution in [1.82, 2.24) is 10.2 Å². The van der Waals surface area contributed by atoms with Crippen LogP contribution in [0.25, 0.3) is 11.5 Å². The average Bonchev–Trinajstić information content (AvgIpc) is 3.17. The molecule has 1 N–H and O–H groups in total. The summed E-state index contributed by atoms with van der Waals surface area (Å²) in [7, 11) is 0. The molecule has 0 aliphatic carbocycles. The highest BCUT2D eigenvalue weighted by Gasteiger charge is 2.15. The Kier molecular flexibility index (Phi) is 4.72. The monoisotopic (exact) mass is 334 g/mol. The lowest BCUT2D eigenvalue weighted by atomic mass is 10.2. The molecule has 0 aliphatic heterocycles. The van der Waals surface area contributed by atoms with E-state index < -0.39 is 6.10 Å². The number of anilines is 1. The van der Waals surface area contributed by atoms with Crippen LogP contribution in [0.5, 0.6) is 5.75 Å². The molecule has 1 atom stereocenters. The maximum absolute atomic E-state index is 12.2. The van der Waals surface area contributed by atoms with Gasteiger partial charge in [-0.1, -0.05) is 0 Å². The molecular weight excluding hydrogens is 320 g/mol. The third-order valence-corrected chi connectivity index (χ3v) is 3.42. The Morgan fingerprint density at radius 1 is 1.20 bits per heavy atom. The van der Waals surface area contributed by atoms with E-state index in [2.05, 4.69) is 15.5 Å². The van der Waals surface area contributed by atoms with Crippen molar-refractivity contribution in [1.29, 1.82) is 5.26 Å². The van der Waals surface area contributed by atoms with Crippen LogP contribution in [0.3, 0.4) is 0 Å². The fourth-order valence-corrected chi connectivity index (χ4v) is 2.10. The molecule has 2 aromatic carbocycles. The van der Waals surface area contributed by atoms with Gasteiger partial charge < -0.3 is 14.5 Å². The van der Waals surface area contributed by atoms with Crippen LogP contribution < -0.4 is 10.1 Å². The van der Waals surface area contributed by atoms with E-state index in [1.165, 1.54) is 6.39 Å². The zero-order chi connectivity index (χ0) is 17.6. The first kappa shape index (κ1) is 16.2. The summed E-state index contributed by atoms with van der Waals surface area (Å²) < 4.78 is 10.7. The van der Waals surface area contributed by atoms with Crippen LogP contribution in [0, 0.1) is 11.3 Å². The fourth-order valence-electron chi connectivity index (χ4n) is 2.10. The summed E-state index contributed by atoms with van der Waals surface area (Å²) in [5.41, 5.74) is 1.90. The summed E-state index contributed by atoms with van der Waals surface area (Å²) in [6.45, 7) is 1.66. The molecule has 124 valence electrons. The number of ether oxygens (including phenoxy) is 1. The number of carbonyl (C=O) groups is 1. The second kappa shape index (κ2) is 7.27. The summed E-state index contributed by atoms with van der Waals surface area (Å²) in [5.74, 6) is 0.676. The number of hydrogen-bond acceptors (Lipinski definition) is 6. The number of amides is 1. The molecular formula is C18H14N4O3. The molecule has 0 aliphatic rings. The highest BCUT2D eigenvalue weighted by Crippen LogP contribution is 2.21. The predicted molar refractivity (Wildman–Crippen MR) is 89.6 cm³/mol. The van der Waals surface area contributed by atoms with Crippen LogP contribution in [-0.4, -0.2) is 22.2 Å². The predicted octanol–water partition coefficient (Wildman–Crippen LogP) is 3.01. The molecule has 25 heavy (non-hydrogen) atoms. The van der Waals surface area contributed by atoms with E-state index in [0.717, 1.165) is 5.56 Å². The van der Waals surface area contributed by atoms with Crippen LogP contribution in [0.1, 0.15) is 12.5 Å². The first-order valence-corrected chi connectivity index (χ1v) is 7.50. The molecule has 1 heterocycles. The molecule has 3 rings (SSSR count). The lowest BCUT2D eigenvalue weighted by molar-refractivity contribution is -0.122. The fraction of sp³-hybridized carbons (Fsp3) is 0.111. The quantitative estimate of drug-likeness (QED) is 0.769. The molecule has 0 bridgehead atoms. The molecule has 7 heteroatoms. The van der Waals surface area contributed by atoms with E-state index in [-0.39, 0.29) is 5.91 Å². The molecule has 0 spiro atoms. The number of hydrogen-bond donors (Lipinski definition) is 1. The minimum atomic E-state index is -0.690. The number of nitrogens with zero attached hydrogens (tertiary/aromatic N) is 3. The van der Waals surface area contributed by atoms with Crippen LogP contribution in [0.4, 0.5) is 5.69 Å². The minimum absolute atomic E-state index is 0.286. The lowest BCUT2D eigenvalue weighted by Gasteiger charge is -2.15. The molecule has 0 saturated carbocycles. The topological polar surface area (TPSA) is 101 Å². The van der Waals surface area contributed by atoms with Crippen LogP contribution >= 0.6 is 0 Å². The zero-order valence-corrected chi connectivity index (χ0v) is 13.3. The van der Waals surface area contributed by atoms with E-state index >= 15 is 0 Å². The van der Waals surface area contributed by atoms with Crippen molar-refractivity contribution in [2.75, 3.05) is 5.32 Å². The van der Waals surface area contributed by atoms with E-state index in [1.807, 2.05) is 6.07 Å². The number of carbonyl (C=O) groups excluding carboxylic acids is 1. The van der Waals surface area contributed by atoms with Gasteiger partial charge in [-0.3, -0.25) is 4.79 Å². The van der Waals surface area contributed by atoms with E-state index in [4.69, 9.17) is 14.4 Å². The Bertz CT molecular complexity index is 882. The SMILES string of the molecule is C[C@@H](Oc1ccc(-c2nnco2)cc1)C(=O)Nc1ccc(C#N)cc1. The lowest BCUT2D eigenvalue weighted by Crippen LogP contribution is -2.30. The van der Waals surface area contributed by atoms with E-state index in [1.54, 1.807) is 55.5 Å². The van der Waals surface area contributed by atoms with E-state index in [9.17, 15) is 4.79 Å². The van der Waals surface area contributed by atoms with Crippen molar-refractivity contribution in [3.05, 3.63) is 60.5 Å². The molecule has 3 aromatic rings. The highest BCUT2D eigenvalue weighted by molar-refractivity contribution is 5.94. The van der Waals surface area contributed by atoms with Crippen molar-refractivity contribution < 1.29 is 13.9 Å². The Morgan fingerprint density at radius 2 is 1.92 bits per heavy atom. The van der Waals surface area contributed by atoms with Crippen molar-refractivity contribution >= 4 is 11.6 Å². The van der Waals surface area contributed by atoms with Crippen molar-refractivity contribution in [2.24, 2.45) is 0 Å². The summed E-state index contributed by atoms with van der Waals surface area (Å²) in [5, 5.41) is 19.0. The molecule has 0 fully saturated rings.